The molecule has 2 amide bonds. The van der Waals surface area contributed by atoms with Crippen LogP contribution in [0.5, 0.6) is 0 Å². The topological polar surface area (TPSA) is 65.6 Å². The van der Waals surface area contributed by atoms with E-state index in [1.54, 1.807) is 0 Å². The maximum atomic E-state index is 13.2. The zero-order valence-electron chi connectivity index (χ0n) is 31.2. The monoisotopic (exact) mass is 724 g/mol. The van der Waals surface area contributed by atoms with Crippen LogP contribution in [0.1, 0.15) is 71.1 Å². The van der Waals surface area contributed by atoms with Crippen LogP contribution in [0.2, 0.25) is 0 Å². The van der Waals surface area contributed by atoms with Gasteiger partial charge >= 0.3 is 12.2 Å². The van der Waals surface area contributed by atoms with Crippen molar-refractivity contribution in [3.05, 3.63) is 143 Å². The van der Waals surface area contributed by atoms with Crippen LogP contribution in [0, 0.1) is 11.8 Å². The highest BCUT2D eigenvalue weighted by molar-refractivity contribution is 5.71. The van der Waals surface area contributed by atoms with Gasteiger partial charge in [-0.2, -0.15) is 0 Å². The normalized spacial score (nSPS) is 29.3. The number of nitrogens with zero attached hydrogens (tertiary/aromatic N) is 4. The summed E-state index contributed by atoms with van der Waals surface area (Å²) in [5.41, 5.74) is 7.41. The molecule has 0 N–H and O–H groups in total. The van der Waals surface area contributed by atoms with Gasteiger partial charge in [-0.25, -0.2) is 9.59 Å². The van der Waals surface area contributed by atoms with Crippen LogP contribution in [-0.2, 0) is 22.3 Å². The Bertz CT molecular complexity index is 1770. The highest BCUT2D eigenvalue weighted by Gasteiger charge is 2.41. The van der Waals surface area contributed by atoms with Gasteiger partial charge in [0.05, 0.1) is 12.1 Å². The summed E-state index contributed by atoms with van der Waals surface area (Å²) in [7, 11) is 0. The number of piperidine rings is 6. The van der Waals surface area contributed by atoms with Gasteiger partial charge in [-0.15, -0.1) is 0 Å². The van der Waals surface area contributed by atoms with Crippen molar-refractivity contribution in [2.45, 2.75) is 62.8 Å². The van der Waals surface area contributed by atoms with Gasteiger partial charge < -0.3 is 9.47 Å². The quantitative estimate of drug-likeness (QED) is 0.215. The molecule has 8 aliphatic heterocycles. The maximum absolute atomic E-state index is 13.2. The van der Waals surface area contributed by atoms with Crippen LogP contribution in [0.15, 0.2) is 109 Å². The van der Waals surface area contributed by atoms with Crippen LogP contribution in [-0.4, -0.2) is 96.4 Å². The third-order valence-corrected chi connectivity index (χ3v) is 13.0. The van der Waals surface area contributed by atoms with E-state index < -0.39 is 0 Å². The second kappa shape index (κ2) is 15.6. The molecular formula is C46H52N4O4. The SMILES string of the molecule is O=C(O[C@@H]1CN2CCC1CC2)N1CCc2ccccc2C1c1ccccc1.O=C(O[C@H]1CN2CCC1CC2)N1CCc2ccccc2[C@H]1c1ccccc1. The van der Waals surface area contributed by atoms with E-state index in [4.69, 9.17) is 9.47 Å². The van der Waals surface area contributed by atoms with E-state index in [-0.39, 0.29) is 36.5 Å². The second-order valence-electron chi connectivity index (χ2n) is 16.0. The molecule has 280 valence electrons. The van der Waals surface area contributed by atoms with Crippen molar-refractivity contribution < 1.29 is 19.1 Å². The molecule has 0 aromatic heterocycles. The van der Waals surface area contributed by atoms with Crippen molar-refractivity contribution in [3.8, 4) is 0 Å². The molecule has 0 saturated carbocycles. The van der Waals surface area contributed by atoms with E-state index in [1.165, 1.54) is 22.3 Å². The summed E-state index contributed by atoms with van der Waals surface area (Å²) in [4.78, 5) is 35.2. The molecule has 4 bridgehead atoms. The van der Waals surface area contributed by atoms with Gasteiger partial charge in [0.15, 0.2) is 0 Å². The molecule has 4 aromatic carbocycles. The van der Waals surface area contributed by atoms with E-state index in [0.717, 1.165) is 88.9 Å². The standard InChI is InChI=1S/2C23H26N2O2/c2*26-23(27-21-16-24-13-10-18(21)11-14-24)25-15-12-17-6-4-5-9-20(17)22(25)19-7-2-1-3-8-19/h2*1-9,18,21-22H,10-16H2/t21-,22?;21-,22+/m10/s1. The lowest BCUT2D eigenvalue weighted by molar-refractivity contribution is -0.0465. The van der Waals surface area contributed by atoms with Gasteiger partial charge in [0.1, 0.15) is 12.2 Å². The van der Waals surface area contributed by atoms with Crippen molar-refractivity contribution in [1.29, 1.82) is 0 Å². The van der Waals surface area contributed by atoms with Gasteiger partial charge in [-0.3, -0.25) is 19.6 Å². The molecule has 0 radical (unpaired) electrons. The minimum atomic E-state index is -0.155. The van der Waals surface area contributed by atoms with Crippen LogP contribution in [0.3, 0.4) is 0 Å². The fraction of sp³-hybridized carbons (Fsp3) is 0.435. The van der Waals surface area contributed by atoms with Gasteiger partial charge in [0.25, 0.3) is 0 Å². The first-order chi connectivity index (χ1) is 26.6. The zero-order valence-corrected chi connectivity index (χ0v) is 31.2. The molecule has 8 heteroatoms. The highest BCUT2D eigenvalue weighted by Crippen LogP contribution is 2.39. The molecule has 6 saturated heterocycles. The number of carbonyl (C=O) groups is 2. The molecule has 4 atom stereocenters. The summed E-state index contributed by atoms with van der Waals surface area (Å²) < 4.78 is 12.2. The highest BCUT2D eigenvalue weighted by atomic mass is 16.6. The number of benzene rings is 4. The Kier molecular flexibility index (Phi) is 10.1. The van der Waals surface area contributed by atoms with Crippen molar-refractivity contribution in [1.82, 2.24) is 19.6 Å². The first-order valence-electron chi connectivity index (χ1n) is 20.2. The predicted molar refractivity (Wildman–Crippen MR) is 209 cm³/mol. The maximum Gasteiger partial charge on any atom is 0.410 e. The summed E-state index contributed by atoms with van der Waals surface area (Å²) in [6.45, 7) is 7.83. The van der Waals surface area contributed by atoms with E-state index in [1.807, 2.05) is 46.2 Å². The number of ether oxygens (including phenoxy) is 2. The second-order valence-corrected chi connectivity index (χ2v) is 16.0. The molecule has 6 fully saturated rings. The Morgan fingerprint density at radius 1 is 0.463 bits per heavy atom. The van der Waals surface area contributed by atoms with Crippen LogP contribution in [0.25, 0.3) is 0 Å². The van der Waals surface area contributed by atoms with E-state index >= 15 is 0 Å². The molecule has 8 aliphatic rings. The molecule has 0 spiro atoms. The zero-order chi connectivity index (χ0) is 36.4. The molecule has 4 aromatic rings. The van der Waals surface area contributed by atoms with E-state index in [0.29, 0.717) is 24.9 Å². The minimum absolute atomic E-state index is 0.0496. The third kappa shape index (κ3) is 7.14. The summed E-state index contributed by atoms with van der Waals surface area (Å²) in [5.74, 6) is 1.07. The van der Waals surface area contributed by atoms with Crippen LogP contribution >= 0.6 is 0 Å². The molecule has 8 heterocycles. The van der Waals surface area contributed by atoms with Crippen LogP contribution in [0.4, 0.5) is 9.59 Å². The van der Waals surface area contributed by atoms with Gasteiger partial charge in [-0.1, -0.05) is 109 Å². The van der Waals surface area contributed by atoms with Crippen molar-refractivity contribution in [2.24, 2.45) is 11.8 Å². The lowest BCUT2D eigenvalue weighted by Crippen LogP contribution is -2.53. The molecule has 12 rings (SSSR count). The largest absolute Gasteiger partial charge is 0.444 e. The van der Waals surface area contributed by atoms with Gasteiger partial charge in [-0.05, 0) is 110 Å². The average Bonchev–Trinajstić information content (AvgIpc) is 3.24. The van der Waals surface area contributed by atoms with Crippen LogP contribution < -0.4 is 0 Å². The molecule has 8 nitrogen and oxygen atoms in total. The van der Waals surface area contributed by atoms with E-state index in [2.05, 4.69) is 82.6 Å². The van der Waals surface area contributed by atoms with Crippen molar-refractivity contribution >= 4 is 12.2 Å². The van der Waals surface area contributed by atoms with Crippen molar-refractivity contribution in [2.75, 3.05) is 52.4 Å². The Balaban J connectivity index is 0.000000142. The average molecular weight is 725 g/mol. The van der Waals surface area contributed by atoms with Crippen molar-refractivity contribution in [3.63, 3.8) is 0 Å². The summed E-state index contributed by atoms with van der Waals surface area (Å²) in [6.07, 6.45) is 6.18. The molecular weight excluding hydrogens is 673 g/mol. The number of amides is 2. The molecule has 54 heavy (non-hydrogen) atoms. The number of hydrogen-bond acceptors (Lipinski definition) is 6. The molecule has 1 unspecified atom stereocenters. The van der Waals surface area contributed by atoms with Gasteiger partial charge in [0, 0.05) is 26.2 Å². The Morgan fingerprint density at radius 2 is 0.833 bits per heavy atom. The minimum Gasteiger partial charge on any atom is -0.444 e. The lowest BCUT2D eigenvalue weighted by Gasteiger charge is -2.45. The number of rotatable bonds is 4. The Labute approximate surface area is 319 Å². The Morgan fingerprint density at radius 3 is 1.20 bits per heavy atom. The smallest absolute Gasteiger partial charge is 0.410 e. The predicted octanol–water partition coefficient (Wildman–Crippen LogP) is 7.73. The summed E-state index contributed by atoms with van der Waals surface area (Å²) in [5, 5.41) is 0. The first-order valence-corrected chi connectivity index (χ1v) is 20.2. The first kappa shape index (κ1) is 35.1. The van der Waals surface area contributed by atoms with E-state index in [9.17, 15) is 9.59 Å². The Hall–Kier alpha value is -4.66. The number of hydrogen-bond donors (Lipinski definition) is 0. The molecule has 0 aliphatic carbocycles. The summed E-state index contributed by atoms with van der Waals surface area (Å²) in [6, 6.07) is 37.5. The number of carbonyl (C=O) groups excluding carboxylic acids is 2. The lowest BCUT2D eigenvalue weighted by atomic mass is 9.86. The fourth-order valence-corrected chi connectivity index (χ4v) is 10.00. The fourth-order valence-electron chi connectivity index (χ4n) is 10.00. The third-order valence-electron chi connectivity index (χ3n) is 13.0. The summed E-state index contributed by atoms with van der Waals surface area (Å²) >= 11 is 0. The van der Waals surface area contributed by atoms with Gasteiger partial charge in [0.2, 0.25) is 0 Å². The number of fused-ring (bicyclic) bond motifs is 8.